The minimum atomic E-state index is 0.132. The van der Waals surface area contributed by atoms with Crippen LogP contribution in [0.25, 0.3) is 0 Å². The van der Waals surface area contributed by atoms with Crippen LogP contribution in [0.2, 0.25) is 0 Å². The van der Waals surface area contributed by atoms with Gasteiger partial charge in [0.1, 0.15) is 0 Å². The van der Waals surface area contributed by atoms with Gasteiger partial charge in [0.2, 0.25) is 0 Å². The van der Waals surface area contributed by atoms with Gasteiger partial charge in [0.15, 0.2) is 5.78 Å². The molecule has 0 unspecified atom stereocenters. The number of nitrogens with zero attached hydrogens (tertiary/aromatic N) is 1. The highest BCUT2D eigenvalue weighted by Crippen LogP contribution is 2.06. The summed E-state index contributed by atoms with van der Waals surface area (Å²) in [5.41, 5.74) is 0. The standard InChI is InChI=1S/C10H20NO/c1-5-11(6-2,7-3)9-8-10(4)12/h8-9H,5-7H2,1-4H3/q+1/b9-8+. The Morgan fingerprint density at radius 1 is 1.17 bits per heavy atom. The van der Waals surface area contributed by atoms with Crippen LogP contribution in [-0.4, -0.2) is 29.9 Å². The Kier molecular flexibility index (Phi) is 4.83. The molecule has 0 spiro atoms. The van der Waals surface area contributed by atoms with E-state index < -0.39 is 0 Å². The van der Waals surface area contributed by atoms with Crippen LogP contribution < -0.4 is 0 Å². The van der Waals surface area contributed by atoms with Gasteiger partial charge in [0, 0.05) is 6.08 Å². The third-order valence-corrected chi connectivity index (χ3v) is 2.51. The van der Waals surface area contributed by atoms with Gasteiger partial charge in [-0.3, -0.25) is 9.28 Å². The monoisotopic (exact) mass is 170 g/mol. The minimum Gasteiger partial charge on any atom is -0.298 e. The number of rotatable bonds is 5. The summed E-state index contributed by atoms with van der Waals surface area (Å²) in [4.78, 5) is 10.7. The molecule has 2 heteroatoms. The van der Waals surface area contributed by atoms with Crippen molar-refractivity contribution in [3.8, 4) is 0 Å². The molecule has 0 aromatic heterocycles. The molecule has 0 saturated heterocycles. The number of hydrogen-bond acceptors (Lipinski definition) is 1. The molecule has 0 aliphatic heterocycles. The Balaban J connectivity index is 4.39. The SMILES string of the molecule is CC[N+](/C=C/C(C)=O)(CC)CC. The summed E-state index contributed by atoms with van der Waals surface area (Å²) < 4.78 is 0.902. The quantitative estimate of drug-likeness (QED) is 0.455. The summed E-state index contributed by atoms with van der Waals surface area (Å²) in [6, 6.07) is 0. The van der Waals surface area contributed by atoms with Gasteiger partial charge >= 0.3 is 0 Å². The third kappa shape index (κ3) is 3.18. The highest BCUT2D eigenvalue weighted by Gasteiger charge is 2.16. The molecule has 0 amide bonds. The van der Waals surface area contributed by atoms with Gasteiger partial charge in [0.05, 0.1) is 25.8 Å². The van der Waals surface area contributed by atoms with E-state index in [0.717, 1.165) is 24.1 Å². The first-order valence-corrected chi connectivity index (χ1v) is 4.65. The number of allylic oxidation sites excluding steroid dienone is 1. The summed E-state index contributed by atoms with van der Waals surface area (Å²) in [6.07, 6.45) is 3.69. The van der Waals surface area contributed by atoms with E-state index in [4.69, 9.17) is 0 Å². The molecule has 0 heterocycles. The second-order valence-corrected chi connectivity index (χ2v) is 3.09. The number of quaternary nitrogens is 1. The minimum absolute atomic E-state index is 0.132. The van der Waals surface area contributed by atoms with Crippen molar-refractivity contribution < 1.29 is 9.28 Å². The van der Waals surface area contributed by atoms with Crippen LogP contribution in [-0.2, 0) is 4.79 Å². The summed E-state index contributed by atoms with van der Waals surface area (Å²) in [7, 11) is 0. The molecule has 0 fully saturated rings. The van der Waals surface area contributed by atoms with Crippen LogP contribution in [0.5, 0.6) is 0 Å². The fraction of sp³-hybridized carbons (Fsp3) is 0.700. The lowest BCUT2D eigenvalue weighted by Gasteiger charge is -2.31. The predicted molar refractivity (Wildman–Crippen MR) is 51.7 cm³/mol. The first kappa shape index (κ1) is 11.4. The van der Waals surface area contributed by atoms with Crippen molar-refractivity contribution in [3.05, 3.63) is 12.3 Å². The van der Waals surface area contributed by atoms with Gasteiger partial charge in [-0.2, -0.15) is 0 Å². The molecule has 0 aromatic rings. The fourth-order valence-electron chi connectivity index (χ4n) is 1.25. The van der Waals surface area contributed by atoms with E-state index in [9.17, 15) is 4.79 Å². The van der Waals surface area contributed by atoms with E-state index in [1.54, 1.807) is 13.0 Å². The Hall–Kier alpha value is -0.630. The first-order valence-electron chi connectivity index (χ1n) is 4.65. The van der Waals surface area contributed by atoms with Crippen LogP contribution in [0.4, 0.5) is 0 Å². The van der Waals surface area contributed by atoms with Gasteiger partial charge in [-0.05, 0) is 27.7 Å². The number of carbonyl (C=O) groups excluding carboxylic acids is 1. The Labute approximate surface area is 75.5 Å². The maximum atomic E-state index is 10.7. The lowest BCUT2D eigenvalue weighted by molar-refractivity contribution is -0.874. The average Bonchev–Trinajstić information content (AvgIpc) is 2.08. The fourth-order valence-corrected chi connectivity index (χ4v) is 1.25. The highest BCUT2D eigenvalue weighted by atomic mass is 16.1. The molecule has 0 aliphatic rings. The summed E-state index contributed by atoms with van der Waals surface area (Å²) in [5, 5.41) is 0. The van der Waals surface area contributed by atoms with Crippen LogP contribution in [0, 0.1) is 0 Å². The van der Waals surface area contributed by atoms with Crippen molar-refractivity contribution >= 4 is 5.78 Å². The summed E-state index contributed by atoms with van der Waals surface area (Å²) in [5.74, 6) is 0.132. The molecule has 70 valence electrons. The zero-order valence-corrected chi connectivity index (χ0v) is 8.63. The van der Waals surface area contributed by atoms with Crippen molar-refractivity contribution in [1.82, 2.24) is 0 Å². The Morgan fingerprint density at radius 2 is 1.58 bits per heavy atom. The molecule has 2 nitrogen and oxygen atoms in total. The zero-order chi connectivity index (χ0) is 9.61. The Bertz CT molecular complexity index is 160. The highest BCUT2D eigenvalue weighted by molar-refractivity contribution is 5.86. The molecule has 0 aliphatic carbocycles. The van der Waals surface area contributed by atoms with Crippen LogP contribution in [0.1, 0.15) is 27.7 Å². The molecule has 0 rings (SSSR count). The number of carbonyl (C=O) groups is 1. The topological polar surface area (TPSA) is 17.1 Å². The summed E-state index contributed by atoms with van der Waals surface area (Å²) >= 11 is 0. The van der Waals surface area contributed by atoms with Gasteiger partial charge in [0.25, 0.3) is 0 Å². The van der Waals surface area contributed by atoms with Gasteiger partial charge in [-0.25, -0.2) is 0 Å². The average molecular weight is 170 g/mol. The van der Waals surface area contributed by atoms with Crippen molar-refractivity contribution in [2.75, 3.05) is 19.6 Å². The van der Waals surface area contributed by atoms with Crippen molar-refractivity contribution in [1.29, 1.82) is 0 Å². The van der Waals surface area contributed by atoms with Crippen molar-refractivity contribution in [3.63, 3.8) is 0 Å². The molecule has 0 atom stereocenters. The molecule has 0 aromatic carbocycles. The maximum Gasteiger partial charge on any atom is 0.157 e. The molecule has 0 saturated carbocycles. The maximum absolute atomic E-state index is 10.7. The number of ketones is 1. The van der Waals surface area contributed by atoms with Gasteiger partial charge in [-0.15, -0.1) is 0 Å². The van der Waals surface area contributed by atoms with E-state index in [-0.39, 0.29) is 5.78 Å². The third-order valence-electron chi connectivity index (χ3n) is 2.51. The lowest BCUT2D eigenvalue weighted by Crippen LogP contribution is -2.42. The van der Waals surface area contributed by atoms with Crippen molar-refractivity contribution in [2.45, 2.75) is 27.7 Å². The molecule has 0 N–H and O–H groups in total. The first-order chi connectivity index (χ1) is 5.60. The van der Waals surface area contributed by atoms with Crippen molar-refractivity contribution in [2.24, 2.45) is 0 Å². The van der Waals surface area contributed by atoms with Crippen LogP contribution in [0.3, 0.4) is 0 Å². The van der Waals surface area contributed by atoms with Gasteiger partial charge in [-0.1, -0.05) is 0 Å². The number of hydrogen-bond donors (Lipinski definition) is 0. The normalized spacial score (nSPS) is 12.3. The molecule has 0 radical (unpaired) electrons. The van der Waals surface area contributed by atoms with Crippen LogP contribution >= 0.6 is 0 Å². The second-order valence-electron chi connectivity index (χ2n) is 3.09. The van der Waals surface area contributed by atoms with E-state index in [1.807, 2.05) is 6.20 Å². The molecule has 0 bridgehead atoms. The summed E-state index contributed by atoms with van der Waals surface area (Å²) in [6.45, 7) is 11.2. The largest absolute Gasteiger partial charge is 0.298 e. The predicted octanol–water partition coefficient (Wildman–Crippen LogP) is 1.97. The molecular formula is C10H20NO+. The van der Waals surface area contributed by atoms with E-state index in [0.29, 0.717) is 0 Å². The Morgan fingerprint density at radius 3 is 1.83 bits per heavy atom. The van der Waals surface area contributed by atoms with E-state index in [1.165, 1.54) is 0 Å². The molecule has 12 heavy (non-hydrogen) atoms. The van der Waals surface area contributed by atoms with Crippen LogP contribution in [0.15, 0.2) is 12.3 Å². The van der Waals surface area contributed by atoms with Gasteiger partial charge < -0.3 is 0 Å². The van der Waals surface area contributed by atoms with E-state index in [2.05, 4.69) is 20.8 Å². The van der Waals surface area contributed by atoms with E-state index >= 15 is 0 Å². The zero-order valence-electron chi connectivity index (χ0n) is 8.63. The smallest absolute Gasteiger partial charge is 0.157 e. The lowest BCUT2D eigenvalue weighted by atomic mass is 10.3. The molecular weight excluding hydrogens is 150 g/mol. The second kappa shape index (κ2) is 5.09.